The van der Waals surface area contributed by atoms with Gasteiger partial charge in [-0.3, -0.25) is 0 Å². The second kappa shape index (κ2) is 9.72. The van der Waals surface area contributed by atoms with Crippen molar-refractivity contribution in [3.8, 4) is 23.6 Å². The molecular weight excluding hydrogens is 412 g/mol. The predicted molar refractivity (Wildman–Crippen MR) is 127 cm³/mol. The van der Waals surface area contributed by atoms with Gasteiger partial charge < -0.3 is 14.5 Å². The number of nitrogens with one attached hydrogen (secondary N) is 1. The number of imidazole rings is 1. The van der Waals surface area contributed by atoms with Gasteiger partial charge >= 0.3 is 0 Å². The summed E-state index contributed by atoms with van der Waals surface area (Å²) in [5, 5.41) is 19.0. The molecule has 0 amide bonds. The van der Waals surface area contributed by atoms with Crippen molar-refractivity contribution in [3.63, 3.8) is 0 Å². The Balaban J connectivity index is 1.62. The van der Waals surface area contributed by atoms with Gasteiger partial charge in [0.15, 0.2) is 11.5 Å². The summed E-state index contributed by atoms with van der Waals surface area (Å²) < 4.78 is 11.7. The third kappa shape index (κ3) is 4.87. The highest BCUT2D eigenvalue weighted by molar-refractivity contribution is 5.90. The molecule has 1 N–H and O–H groups in total. The van der Waals surface area contributed by atoms with Crippen LogP contribution in [0.1, 0.15) is 35.0 Å². The van der Waals surface area contributed by atoms with E-state index >= 15 is 0 Å². The predicted octanol–water partition coefficient (Wildman–Crippen LogP) is 5.78. The van der Waals surface area contributed by atoms with Crippen LogP contribution in [0.5, 0.6) is 11.5 Å². The number of aromatic amines is 1. The number of aromatic nitrogens is 2. The maximum absolute atomic E-state index is 9.75. The number of rotatable bonds is 7. The number of ether oxygens (including phenoxy) is 2. The van der Waals surface area contributed by atoms with Crippen molar-refractivity contribution in [2.45, 2.75) is 20.5 Å². The van der Waals surface area contributed by atoms with Crippen LogP contribution >= 0.6 is 0 Å². The van der Waals surface area contributed by atoms with E-state index in [-0.39, 0.29) is 6.61 Å². The zero-order valence-electron chi connectivity index (χ0n) is 18.4. The first-order valence-electron chi connectivity index (χ1n) is 10.6. The van der Waals surface area contributed by atoms with Gasteiger partial charge in [-0.15, -0.1) is 0 Å². The summed E-state index contributed by atoms with van der Waals surface area (Å²) in [6.07, 6.45) is 1.77. The maximum atomic E-state index is 9.75. The third-order valence-corrected chi connectivity index (χ3v) is 5.11. The normalized spacial score (nSPS) is 11.1. The van der Waals surface area contributed by atoms with Crippen molar-refractivity contribution < 1.29 is 9.47 Å². The molecule has 0 aliphatic heterocycles. The molecule has 0 radical (unpaired) electrons. The second-order valence-corrected chi connectivity index (χ2v) is 7.47. The van der Waals surface area contributed by atoms with E-state index in [4.69, 9.17) is 9.47 Å². The molecule has 0 bridgehead atoms. The van der Waals surface area contributed by atoms with E-state index in [9.17, 15) is 10.5 Å². The van der Waals surface area contributed by atoms with E-state index in [0.717, 1.165) is 27.7 Å². The smallest absolute Gasteiger partial charge is 0.161 e. The van der Waals surface area contributed by atoms with Gasteiger partial charge in [-0.05, 0) is 61.4 Å². The summed E-state index contributed by atoms with van der Waals surface area (Å²) in [7, 11) is 0. The van der Waals surface area contributed by atoms with E-state index in [2.05, 4.69) is 22.1 Å². The first kappa shape index (κ1) is 21.7. The molecule has 1 heterocycles. The molecule has 33 heavy (non-hydrogen) atoms. The molecule has 6 nitrogen and oxygen atoms in total. The van der Waals surface area contributed by atoms with Crippen molar-refractivity contribution in [3.05, 3.63) is 88.7 Å². The summed E-state index contributed by atoms with van der Waals surface area (Å²) in [6.45, 7) is 4.63. The van der Waals surface area contributed by atoms with Crippen LogP contribution < -0.4 is 9.47 Å². The molecule has 0 unspecified atom stereocenters. The number of nitrogens with zero attached hydrogens (tertiary/aromatic N) is 3. The molecule has 0 saturated carbocycles. The van der Waals surface area contributed by atoms with Crippen molar-refractivity contribution in [2.24, 2.45) is 0 Å². The minimum Gasteiger partial charge on any atom is -0.490 e. The van der Waals surface area contributed by atoms with E-state index in [1.54, 1.807) is 12.1 Å². The lowest BCUT2D eigenvalue weighted by atomic mass is 10.1. The Morgan fingerprint density at radius 2 is 1.88 bits per heavy atom. The molecule has 6 heteroatoms. The van der Waals surface area contributed by atoms with Gasteiger partial charge in [0.1, 0.15) is 18.5 Å². The van der Waals surface area contributed by atoms with E-state index in [0.29, 0.717) is 35.1 Å². The standard InChI is InChI=1S/C27H22N4O2/c1-3-32-26-14-19(9-11-25(26)33-17-21-7-5-4-6-20(21)15-28)13-22(16-29)27-30-23-10-8-18(2)12-24(23)31-27/h4-14H,3,17H2,1-2H3,(H,30,31)/b22-13-. The molecule has 0 spiro atoms. The van der Waals surface area contributed by atoms with Crippen LogP contribution in [0.25, 0.3) is 22.7 Å². The quantitative estimate of drug-likeness (QED) is 0.372. The monoisotopic (exact) mass is 434 g/mol. The summed E-state index contributed by atoms with van der Waals surface area (Å²) in [4.78, 5) is 7.77. The fraction of sp³-hybridized carbons (Fsp3) is 0.148. The Hall–Kier alpha value is -4.55. The first-order valence-corrected chi connectivity index (χ1v) is 10.6. The number of H-pyrrole nitrogens is 1. The number of benzene rings is 3. The van der Waals surface area contributed by atoms with Gasteiger partial charge in [0.25, 0.3) is 0 Å². The number of nitriles is 2. The summed E-state index contributed by atoms with van der Waals surface area (Å²) >= 11 is 0. The number of fused-ring (bicyclic) bond motifs is 1. The van der Waals surface area contributed by atoms with Crippen LogP contribution in [0.3, 0.4) is 0 Å². The molecule has 162 valence electrons. The maximum Gasteiger partial charge on any atom is 0.161 e. The molecule has 0 fully saturated rings. The summed E-state index contributed by atoms with van der Waals surface area (Å²) in [5.41, 5.74) is 5.41. The molecule has 1 aromatic heterocycles. The molecular formula is C27H22N4O2. The Morgan fingerprint density at radius 3 is 2.67 bits per heavy atom. The zero-order valence-corrected chi connectivity index (χ0v) is 18.4. The summed E-state index contributed by atoms with van der Waals surface area (Å²) in [5.74, 6) is 1.65. The molecule has 0 saturated heterocycles. The lowest BCUT2D eigenvalue weighted by molar-refractivity contribution is 0.269. The van der Waals surface area contributed by atoms with Crippen molar-refractivity contribution in [1.29, 1.82) is 10.5 Å². The topological polar surface area (TPSA) is 94.7 Å². The fourth-order valence-corrected chi connectivity index (χ4v) is 3.48. The largest absolute Gasteiger partial charge is 0.490 e. The highest BCUT2D eigenvalue weighted by Crippen LogP contribution is 2.31. The minimum absolute atomic E-state index is 0.251. The number of hydrogen-bond donors (Lipinski definition) is 1. The number of allylic oxidation sites excluding steroid dienone is 1. The Kier molecular flexibility index (Phi) is 6.38. The van der Waals surface area contributed by atoms with Crippen LogP contribution in [-0.2, 0) is 6.61 Å². The van der Waals surface area contributed by atoms with Gasteiger partial charge in [0.05, 0.1) is 34.8 Å². The lowest BCUT2D eigenvalue weighted by Crippen LogP contribution is -2.01. The van der Waals surface area contributed by atoms with Crippen LogP contribution in [0.2, 0.25) is 0 Å². The number of aryl methyl sites for hydroxylation is 1. The molecule has 4 aromatic rings. The van der Waals surface area contributed by atoms with Crippen LogP contribution in [0.4, 0.5) is 0 Å². The highest BCUT2D eigenvalue weighted by Gasteiger charge is 2.11. The lowest BCUT2D eigenvalue weighted by Gasteiger charge is -2.13. The van der Waals surface area contributed by atoms with Crippen molar-refractivity contribution in [2.75, 3.05) is 6.61 Å². The first-order chi connectivity index (χ1) is 16.1. The Morgan fingerprint density at radius 1 is 1.03 bits per heavy atom. The molecule has 0 aliphatic carbocycles. The van der Waals surface area contributed by atoms with Gasteiger partial charge in [-0.1, -0.05) is 30.3 Å². The van der Waals surface area contributed by atoms with Gasteiger partial charge in [0, 0.05) is 5.56 Å². The average molecular weight is 434 g/mol. The fourth-order valence-electron chi connectivity index (χ4n) is 3.48. The molecule has 0 atom stereocenters. The van der Waals surface area contributed by atoms with E-state index in [1.807, 2.05) is 68.4 Å². The zero-order chi connectivity index (χ0) is 23.2. The van der Waals surface area contributed by atoms with E-state index in [1.165, 1.54) is 0 Å². The Bertz CT molecular complexity index is 1420. The van der Waals surface area contributed by atoms with Crippen LogP contribution in [0, 0.1) is 29.6 Å². The average Bonchev–Trinajstić information content (AvgIpc) is 3.25. The van der Waals surface area contributed by atoms with Crippen molar-refractivity contribution >= 4 is 22.7 Å². The molecule has 4 rings (SSSR count). The van der Waals surface area contributed by atoms with Crippen LogP contribution in [-0.4, -0.2) is 16.6 Å². The summed E-state index contributed by atoms with van der Waals surface area (Å²) in [6, 6.07) is 23.2. The highest BCUT2D eigenvalue weighted by atomic mass is 16.5. The van der Waals surface area contributed by atoms with Crippen molar-refractivity contribution in [1.82, 2.24) is 9.97 Å². The minimum atomic E-state index is 0.251. The Labute approximate surface area is 192 Å². The van der Waals surface area contributed by atoms with Gasteiger partial charge in [-0.25, -0.2) is 4.98 Å². The van der Waals surface area contributed by atoms with Gasteiger partial charge in [-0.2, -0.15) is 10.5 Å². The SMILES string of the molecule is CCOc1cc(/C=C(/C#N)c2nc3ccc(C)cc3[nH]2)ccc1OCc1ccccc1C#N. The van der Waals surface area contributed by atoms with Gasteiger partial charge in [0.2, 0.25) is 0 Å². The van der Waals surface area contributed by atoms with E-state index < -0.39 is 0 Å². The number of hydrogen-bond acceptors (Lipinski definition) is 5. The van der Waals surface area contributed by atoms with Crippen LogP contribution in [0.15, 0.2) is 60.7 Å². The second-order valence-electron chi connectivity index (χ2n) is 7.47. The molecule has 3 aromatic carbocycles. The molecule has 0 aliphatic rings. The third-order valence-electron chi connectivity index (χ3n) is 5.11.